The number of furan rings is 1. The van der Waals surface area contributed by atoms with E-state index < -0.39 is 0 Å². The van der Waals surface area contributed by atoms with Gasteiger partial charge in [-0.2, -0.15) is 0 Å². The van der Waals surface area contributed by atoms with E-state index in [1.807, 2.05) is 0 Å². The third-order valence-electron chi connectivity index (χ3n) is 2.99. The van der Waals surface area contributed by atoms with Crippen molar-refractivity contribution in [1.82, 2.24) is 5.32 Å². The zero-order chi connectivity index (χ0) is 13.4. The highest BCUT2D eigenvalue weighted by molar-refractivity contribution is 5.19. The van der Waals surface area contributed by atoms with Crippen LogP contribution in [0, 0.1) is 6.92 Å². The van der Waals surface area contributed by atoms with E-state index in [-0.39, 0.29) is 0 Å². The fraction of sp³-hybridized carbons (Fsp3) is 0.733. The minimum absolute atomic E-state index is 0.307. The summed E-state index contributed by atoms with van der Waals surface area (Å²) in [6.07, 6.45) is 3.71. The van der Waals surface area contributed by atoms with E-state index in [1.54, 1.807) is 0 Å². The number of aryl methyl sites for hydroxylation is 1. The molecule has 1 N–H and O–H groups in total. The van der Waals surface area contributed by atoms with E-state index in [4.69, 9.17) is 9.15 Å². The Morgan fingerprint density at radius 2 is 2.11 bits per heavy atom. The molecule has 0 aliphatic rings. The minimum atomic E-state index is 0.307. The van der Waals surface area contributed by atoms with E-state index in [0.29, 0.717) is 12.7 Å². The van der Waals surface area contributed by atoms with Crippen LogP contribution in [0.15, 0.2) is 10.5 Å². The van der Waals surface area contributed by atoms with Gasteiger partial charge in [0.1, 0.15) is 18.1 Å². The van der Waals surface area contributed by atoms with Gasteiger partial charge in [0, 0.05) is 0 Å². The number of hydrogen-bond acceptors (Lipinski definition) is 3. The number of rotatable bonds is 9. The smallest absolute Gasteiger partial charge is 0.130 e. The summed E-state index contributed by atoms with van der Waals surface area (Å²) >= 11 is 0. The SMILES string of the molecule is CCCNCc1oc(COC(C)CCC)cc1C. The summed E-state index contributed by atoms with van der Waals surface area (Å²) in [5.74, 6) is 1.97. The van der Waals surface area contributed by atoms with Gasteiger partial charge in [-0.25, -0.2) is 0 Å². The van der Waals surface area contributed by atoms with Crippen LogP contribution in [-0.4, -0.2) is 12.6 Å². The molecule has 1 unspecified atom stereocenters. The van der Waals surface area contributed by atoms with Crippen molar-refractivity contribution in [2.45, 2.75) is 66.2 Å². The van der Waals surface area contributed by atoms with Gasteiger partial charge in [-0.15, -0.1) is 0 Å². The molecule has 1 heterocycles. The van der Waals surface area contributed by atoms with Crippen LogP contribution < -0.4 is 5.32 Å². The zero-order valence-electron chi connectivity index (χ0n) is 12.2. The predicted molar refractivity (Wildman–Crippen MR) is 74.6 cm³/mol. The zero-order valence-corrected chi connectivity index (χ0v) is 12.2. The standard InChI is InChI=1S/C15H27NO2/c1-5-7-13(4)17-11-14-9-12(3)15(18-14)10-16-8-6-2/h9,13,16H,5-8,10-11H2,1-4H3. The summed E-state index contributed by atoms with van der Waals surface area (Å²) in [6, 6.07) is 2.08. The largest absolute Gasteiger partial charge is 0.462 e. The molecule has 1 aromatic rings. The normalized spacial score (nSPS) is 12.9. The van der Waals surface area contributed by atoms with E-state index in [1.165, 1.54) is 5.56 Å². The average Bonchev–Trinajstić information content (AvgIpc) is 2.69. The second-order valence-electron chi connectivity index (χ2n) is 4.91. The van der Waals surface area contributed by atoms with Crippen molar-refractivity contribution in [1.29, 1.82) is 0 Å². The molecule has 0 aromatic carbocycles. The minimum Gasteiger partial charge on any atom is -0.462 e. The maximum absolute atomic E-state index is 5.80. The van der Waals surface area contributed by atoms with Crippen LogP contribution in [-0.2, 0) is 17.9 Å². The van der Waals surface area contributed by atoms with E-state index in [0.717, 1.165) is 43.9 Å². The molecule has 1 rings (SSSR count). The fourth-order valence-corrected chi connectivity index (χ4v) is 1.93. The molecule has 1 atom stereocenters. The van der Waals surface area contributed by atoms with Crippen molar-refractivity contribution in [2.24, 2.45) is 0 Å². The average molecular weight is 253 g/mol. The first-order chi connectivity index (χ1) is 8.67. The highest BCUT2D eigenvalue weighted by Gasteiger charge is 2.09. The van der Waals surface area contributed by atoms with Gasteiger partial charge in [0.2, 0.25) is 0 Å². The second-order valence-corrected chi connectivity index (χ2v) is 4.91. The molecule has 0 spiro atoms. The molecule has 3 nitrogen and oxygen atoms in total. The Morgan fingerprint density at radius 1 is 1.33 bits per heavy atom. The van der Waals surface area contributed by atoms with E-state index in [2.05, 4.69) is 39.1 Å². The Kier molecular flexibility index (Phi) is 7.06. The van der Waals surface area contributed by atoms with Crippen LogP contribution >= 0.6 is 0 Å². The summed E-state index contributed by atoms with van der Waals surface area (Å²) in [5.41, 5.74) is 1.21. The van der Waals surface area contributed by atoms with Gasteiger partial charge in [0.15, 0.2) is 0 Å². The lowest BCUT2D eigenvalue weighted by Crippen LogP contribution is -2.13. The lowest BCUT2D eigenvalue weighted by molar-refractivity contribution is 0.0367. The van der Waals surface area contributed by atoms with Gasteiger partial charge in [-0.1, -0.05) is 20.3 Å². The molecule has 0 fully saturated rings. The first-order valence-electron chi connectivity index (χ1n) is 7.07. The van der Waals surface area contributed by atoms with Crippen molar-refractivity contribution >= 4 is 0 Å². The molecular formula is C15H27NO2. The quantitative estimate of drug-likeness (QED) is 0.680. The van der Waals surface area contributed by atoms with Crippen LogP contribution in [0.4, 0.5) is 0 Å². The molecule has 0 aliphatic carbocycles. The second kappa shape index (κ2) is 8.33. The molecular weight excluding hydrogens is 226 g/mol. The molecule has 0 bridgehead atoms. The highest BCUT2D eigenvalue weighted by atomic mass is 16.5. The maximum Gasteiger partial charge on any atom is 0.130 e. The molecule has 104 valence electrons. The first-order valence-corrected chi connectivity index (χ1v) is 7.07. The van der Waals surface area contributed by atoms with Crippen LogP contribution in [0.3, 0.4) is 0 Å². The molecule has 0 amide bonds. The Morgan fingerprint density at radius 3 is 2.78 bits per heavy atom. The Labute approximate surface area is 111 Å². The van der Waals surface area contributed by atoms with Crippen LogP contribution in [0.2, 0.25) is 0 Å². The van der Waals surface area contributed by atoms with Crippen LogP contribution in [0.25, 0.3) is 0 Å². The van der Waals surface area contributed by atoms with Crippen molar-refractivity contribution in [3.8, 4) is 0 Å². The summed E-state index contributed by atoms with van der Waals surface area (Å²) in [5, 5.41) is 3.36. The number of ether oxygens (including phenoxy) is 1. The van der Waals surface area contributed by atoms with Crippen molar-refractivity contribution < 1.29 is 9.15 Å². The summed E-state index contributed by atoms with van der Waals surface area (Å²) in [6.45, 7) is 11.0. The lowest BCUT2D eigenvalue weighted by atomic mass is 10.2. The van der Waals surface area contributed by atoms with Crippen molar-refractivity contribution in [2.75, 3.05) is 6.54 Å². The molecule has 0 aliphatic heterocycles. The topological polar surface area (TPSA) is 34.4 Å². The Hall–Kier alpha value is -0.800. The molecule has 3 heteroatoms. The highest BCUT2D eigenvalue weighted by Crippen LogP contribution is 2.16. The molecule has 1 aromatic heterocycles. The van der Waals surface area contributed by atoms with Crippen molar-refractivity contribution in [3.05, 3.63) is 23.2 Å². The van der Waals surface area contributed by atoms with Crippen LogP contribution in [0.5, 0.6) is 0 Å². The van der Waals surface area contributed by atoms with Crippen molar-refractivity contribution in [3.63, 3.8) is 0 Å². The van der Waals surface area contributed by atoms with Crippen LogP contribution in [0.1, 0.15) is 57.1 Å². The molecule has 0 saturated heterocycles. The lowest BCUT2D eigenvalue weighted by Gasteiger charge is -2.10. The third kappa shape index (κ3) is 5.23. The van der Waals surface area contributed by atoms with Gasteiger partial charge in [-0.05, 0) is 44.9 Å². The van der Waals surface area contributed by atoms with Gasteiger partial charge in [0.25, 0.3) is 0 Å². The number of nitrogens with one attached hydrogen (secondary N) is 1. The summed E-state index contributed by atoms with van der Waals surface area (Å²) in [4.78, 5) is 0. The van der Waals surface area contributed by atoms with E-state index >= 15 is 0 Å². The Bertz CT molecular complexity index is 333. The number of hydrogen-bond donors (Lipinski definition) is 1. The Balaban J connectivity index is 2.40. The van der Waals surface area contributed by atoms with Gasteiger partial charge < -0.3 is 14.5 Å². The predicted octanol–water partition coefficient (Wildman–Crippen LogP) is 3.79. The molecule has 0 radical (unpaired) electrons. The summed E-state index contributed by atoms with van der Waals surface area (Å²) < 4.78 is 11.6. The third-order valence-corrected chi connectivity index (χ3v) is 2.99. The molecule has 0 saturated carbocycles. The van der Waals surface area contributed by atoms with Gasteiger partial charge in [-0.3, -0.25) is 0 Å². The van der Waals surface area contributed by atoms with Gasteiger partial charge in [0.05, 0.1) is 12.6 Å². The van der Waals surface area contributed by atoms with Gasteiger partial charge >= 0.3 is 0 Å². The maximum atomic E-state index is 5.80. The monoisotopic (exact) mass is 253 g/mol. The summed E-state index contributed by atoms with van der Waals surface area (Å²) in [7, 11) is 0. The van der Waals surface area contributed by atoms with E-state index in [9.17, 15) is 0 Å². The molecule has 18 heavy (non-hydrogen) atoms. The first kappa shape index (κ1) is 15.3. The fourth-order valence-electron chi connectivity index (χ4n) is 1.93.